The second-order valence-electron chi connectivity index (χ2n) is 4.60. The minimum atomic E-state index is -4.56. The minimum absolute atomic E-state index is 0.245. The number of aliphatic hydroxyl groups is 1. The zero-order valence-electron chi connectivity index (χ0n) is 12.0. The molecule has 22 heavy (non-hydrogen) atoms. The Morgan fingerprint density at radius 2 is 2.09 bits per heavy atom. The van der Waals surface area contributed by atoms with E-state index in [0.29, 0.717) is 0 Å². The lowest BCUT2D eigenvalue weighted by molar-refractivity contribution is -0.137. The van der Waals surface area contributed by atoms with E-state index >= 15 is 0 Å². The first kappa shape index (κ1) is 16.5. The summed E-state index contributed by atoms with van der Waals surface area (Å²) in [5.74, 6) is -0.270. The van der Waals surface area contributed by atoms with Gasteiger partial charge in [0, 0.05) is 19.3 Å². The third-order valence-electron chi connectivity index (χ3n) is 3.28. The summed E-state index contributed by atoms with van der Waals surface area (Å²) in [6.45, 7) is 3.86. The van der Waals surface area contributed by atoms with Gasteiger partial charge in [-0.1, -0.05) is 0 Å². The standard InChI is InChI=1S/C13H16F3N3O3/c1-3-18-11(22-4-2)10(20)19(12(18)21)9-7-8(5-6-17-9)13(14,15)16/h5-7,10-11,20H,3-4H2,1-2H3. The molecule has 2 amide bonds. The third-order valence-corrected chi connectivity index (χ3v) is 3.28. The van der Waals surface area contributed by atoms with Crippen LogP contribution in [0.2, 0.25) is 0 Å². The van der Waals surface area contributed by atoms with Crippen LogP contribution in [0.5, 0.6) is 0 Å². The van der Waals surface area contributed by atoms with E-state index in [9.17, 15) is 23.1 Å². The van der Waals surface area contributed by atoms with Gasteiger partial charge in [-0.05, 0) is 26.0 Å². The number of hydrogen-bond acceptors (Lipinski definition) is 4. The Bertz CT molecular complexity index is 553. The van der Waals surface area contributed by atoms with E-state index in [0.717, 1.165) is 23.2 Å². The summed E-state index contributed by atoms with van der Waals surface area (Å²) in [4.78, 5) is 18.1. The van der Waals surface area contributed by atoms with E-state index in [1.165, 1.54) is 4.90 Å². The number of aromatic nitrogens is 1. The van der Waals surface area contributed by atoms with Gasteiger partial charge < -0.3 is 9.84 Å². The number of ether oxygens (including phenoxy) is 1. The molecular weight excluding hydrogens is 303 g/mol. The molecule has 6 nitrogen and oxygen atoms in total. The molecule has 1 aromatic rings. The van der Waals surface area contributed by atoms with Crippen LogP contribution in [0.1, 0.15) is 19.4 Å². The highest BCUT2D eigenvalue weighted by atomic mass is 19.4. The molecule has 1 saturated heterocycles. The molecule has 0 radical (unpaired) electrons. The summed E-state index contributed by atoms with van der Waals surface area (Å²) in [5, 5.41) is 10.2. The molecule has 1 aromatic heterocycles. The van der Waals surface area contributed by atoms with E-state index in [2.05, 4.69) is 4.98 Å². The van der Waals surface area contributed by atoms with E-state index in [4.69, 9.17) is 4.74 Å². The van der Waals surface area contributed by atoms with E-state index in [1.54, 1.807) is 13.8 Å². The van der Waals surface area contributed by atoms with Crippen molar-refractivity contribution in [2.75, 3.05) is 18.1 Å². The van der Waals surface area contributed by atoms with Gasteiger partial charge in [-0.15, -0.1) is 0 Å². The molecule has 1 N–H and O–H groups in total. The number of carbonyl (C=O) groups excluding carboxylic acids is 1. The molecule has 1 aliphatic heterocycles. The van der Waals surface area contributed by atoms with Gasteiger partial charge in [0.1, 0.15) is 5.82 Å². The van der Waals surface area contributed by atoms with Crippen LogP contribution in [-0.4, -0.2) is 46.6 Å². The number of pyridine rings is 1. The number of halogens is 3. The zero-order chi connectivity index (χ0) is 16.5. The second kappa shape index (κ2) is 6.09. The van der Waals surface area contributed by atoms with Crippen molar-refractivity contribution < 1.29 is 27.8 Å². The largest absolute Gasteiger partial charge is 0.416 e. The Morgan fingerprint density at radius 1 is 1.41 bits per heavy atom. The van der Waals surface area contributed by atoms with Crippen LogP contribution in [0.3, 0.4) is 0 Å². The number of alkyl halides is 3. The van der Waals surface area contributed by atoms with Crippen molar-refractivity contribution in [2.45, 2.75) is 32.5 Å². The summed E-state index contributed by atoms with van der Waals surface area (Å²) in [7, 11) is 0. The monoisotopic (exact) mass is 319 g/mol. The summed E-state index contributed by atoms with van der Waals surface area (Å²) in [6.07, 6.45) is -5.99. The van der Waals surface area contributed by atoms with Crippen LogP contribution in [-0.2, 0) is 10.9 Å². The van der Waals surface area contributed by atoms with E-state index in [1.807, 2.05) is 0 Å². The maximum absolute atomic E-state index is 12.8. The van der Waals surface area contributed by atoms with Crippen LogP contribution < -0.4 is 4.90 Å². The molecule has 2 unspecified atom stereocenters. The van der Waals surface area contributed by atoms with Crippen molar-refractivity contribution in [2.24, 2.45) is 0 Å². The molecular formula is C13H16F3N3O3. The minimum Gasteiger partial charge on any atom is -0.369 e. The molecule has 0 aliphatic carbocycles. The fourth-order valence-corrected chi connectivity index (χ4v) is 2.27. The highest BCUT2D eigenvalue weighted by molar-refractivity contribution is 5.94. The fraction of sp³-hybridized carbons (Fsp3) is 0.538. The molecule has 2 atom stereocenters. The average molecular weight is 319 g/mol. The van der Waals surface area contributed by atoms with Gasteiger partial charge >= 0.3 is 12.2 Å². The van der Waals surface area contributed by atoms with Gasteiger partial charge in [0.15, 0.2) is 12.5 Å². The maximum atomic E-state index is 12.8. The first-order chi connectivity index (χ1) is 10.3. The molecule has 0 saturated carbocycles. The lowest BCUT2D eigenvalue weighted by Crippen LogP contribution is -2.39. The van der Waals surface area contributed by atoms with Crippen LogP contribution in [0, 0.1) is 0 Å². The lowest BCUT2D eigenvalue weighted by atomic mass is 10.2. The van der Waals surface area contributed by atoms with Gasteiger partial charge in [-0.3, -0.25) is 4.90 Å². The number of nitrogens with zero attached hydrogens (tertiary/aromatic N) is 3. The Labute approximate surface area is 125 Å². The van der Waals surface area contributed by atoms with Crippen LogP contribution in [0.25, 0.3) is 0 Å². The van der Waals surface area contributed by atoms with Crippen molar-refractivity contribution in [1.82, 2.24) is 9.88 Å². The molecule has 122 valence electrons. The summed E-state index contributed by atoms with van der Waals surface area (Å²) in [6, 6.07) is 0.873. The SMILES string of the molecule is CCOC1C(O)N(c2cc(C(F)(F)F)ccn2)C(=O)N1CC. The number of urea groups is 1. The molecule has 0 aromatic carbocycles. The summed E-state index contributed by atoms with van der Waals surface area (Å²) < 4.78 is 43.6. The quantitative estimate of drug-likeness (QED) is 0.922. The molecule has 0 spiro atoms. The number of carbonyl (C=O) groups is 1. The van der Waals surface area contributed by atoms with Crippen LogP contribution in [0.4, 0.5) is 23.8 Å². The van der Waals surface area contributed by atoms with Crippen molar-refractivity contribution in [3.8, 4) is 0 Å². The first-order valence-electron chi connectivity index (χ1n) is 6.74. The third kappa shape index (κ3) is 2.86. The Morgan fingerprint density at radius 3 is 2.64 bits per heavy atom. The number of rotatable bonds is 4. The molecule has 1 fully saturated rings. The Kier molecular flexibility index (Phi) is 4.57. The number of aliphatic hydroxyl groups excluding tert-OH is 1. The number of hydrogen-bond donors (Lipinski definition) is 1. The summed E-state index contributed by atoms with van der Waals surface area (Å²) in [5.41, 5.74) is -0.944. The van der Waals surface area contributed by atoms with Gasteiger partial charge in [0.2, 0.25) is 0 Å². The predicted molar refractivity (Wildman–Crippen MR) is 70.9 cm³/mol. The van der Waals surface area contributed by atoms with Crippen molar-refractivity contribution in [3.63, 3.8) is 0 Å². The smallest absolute Gasteiger partial charge is 0.369 e. The van der Waals surface area contributed by atoms with Crippen molar-refractivity contribution >= 4 is 11.8 Å². The van der Waals surface area contributed by atoms with E-state index < -0.39 is 30.2 Å². The molecule has 9 heteroatoms. The normalized spacial score (nSPS) is 22.5. The van der Waals surface area contributed by atoms with Gasteiger partial charge in [0.05, 0.1) is 5.56 Å². The topological polar surface area (TPSA) is 65.9 Å². The van der Waals surface area contributed by atoms with Crippen molar-refractivity contribution in [1.29, 1.82) is 0 Å². The Balaban J connectivity index is 2.38. The highest BCUT2D eigenvalue weighted by Gasteiger charge is 2.46. The first-order valence-corrected chi connectivity index (χ1v) is 6.74. The average Bonchev–Trinajstić information content (AvgIpc) is 2.69. The zero-order valence-corrected chi connectivity index (χ0v) is 12.0. The van der Waals surface area contributed by atoms with Gasteiger partial charge in [0.25, 0.3) is 0 Å². The summed E-state index contributed by atoms with van der Waals surface area (Å²) >= 11 is 0. The van der Waals surface area contributed by atoms with Crippen LogP contribution in [0.15, 0.2) is 18.3 Å². The molecule has 2 rings (SSSR count). The second-order valence-corrected chi connectivity index (χ2v) is 4.60. The number of anilines is 1. The Hall–Kier alpha value is -1.87. The maximum Gasteiger partial charge on any atom is 0.416 e. The van der Waals surface area contributed by atoms with Crippen molar-refractivity contribution in [3.05, 3.63) is 23.9 Å². The number of amides is 2. The molecule has 2 heterocycles. The van der Waals surface area contributed by atoms with E-state index in [-0.39, 0.29) is 19.0 Å². The molecule has 1 aliphatic rings. The lowest BCUT2D eigenvalue weighted by Gasteiger charge is -2.22. The molecule has 0 bridgehead atoms. The number of likely N-dealkylation sites (N-methyl/N-ethyl adjacent to an activating group) is 1. The van der Waals surface area contributed by atoms with Gasteiger partial charge in [-0.2, -0.15) is 13.2 Å². The predicted octanol–water partition coefficient (Wildman–Crippen LogP) is 2.04. The van der Waals surface area contributed by atoms with Gasteiger partial charge in [-0.25, -0.2) is 14.7 Å². The fourth-order valence-electron chi connectivity index (χ4n) is 2.27. The van der Waals surface area contributed by atoms with Crippen LogP contribution >= 0.6 is 0 Å². The highest BCUT2D eigenvalue weighted by Crippen LogP contribution is 2.33.